The first-order valence-corrected chi connectivity index (χ1v) is 4.99. The number of halogens is 1. The minimum Gasteiger partial charge on any atom is -0.504 e. The van der Waals surface area contributed by atoms with Crippen molar-refractivity contribution in [2.45, 2.75) is 13.3 Å². The quantitative estimate of drug-likeness (QED) is 0.733. The molecule has 0 aliphatic rings. The van der Waals surface area contributed by atoms with Crippen LogP contribution >= 0.6 is 11.6 Å². The molecule has 1 aromatic carbocycles. The van der Waals surface area contributed by atoms with Gasteiger partial charge in [-0.15, -0.1) is 0 Å². The van der Waals surface area contributed by atoms with E-state index in [1.54, 1.807) is 0 Å². The van der Waals surface area contributed by atoms with Crippen LogP contribution in [-0.4, -0.2) is 19.8 Å². The highest BCUT2D eigenvalue weighted by atomic mass is 35.5. The minimum absolute atomic E-state index is 0.0975. The van der Waals surface area contributed by atoms with Gasteiger partial charge in [0.2, 0.25) is 0 Å². The van der Waals surface area contributed by atoms with Crippen LogP contribution in [0.15, 0.2) is 6.07 Å². The zero-order valence-electron chi connectivity index (χ0n) is 8.45. The van der Waals surface area contributed by atoms with Crippen LogP contribution in [-0.2, 0) is 13.5 Å². The Labute approximate surface area is 91.7 Å². The summed E-state index contributed by atoms with van der Waals surface area (Å²) < 4.78 is 1.85. The Hall–Kier alpha value is -1.42. The number of hydrogen-bond donors (Lipinski definition) is 2. The summed E-state index contributed by atoms with van der Waals surface area (Å²) in [5.74, 6) is 0.319. The fraction of sp³-hybridized carbons (Fsp3) is 0.300. The molecule has 0 radical (unpaired) electrons. The molecule has 1 aromatic heterocycles. The van der Waals surface area contributed by atoms with Crippen molar-refractivity contribution in [3.8, 4) is 11.5 Å². The van der Waals surface area contributed by atoms with Gasteiger partial charge < -0.3 is 14.8 Å². The summed E-state index contributed by atoms with van der Waals surface area (Å²) in [6.45, 7) is 1.98. The fourth-order valence-corrected chi connectivity index (χ4v) is 1.86. The van der Waals surface area contributed by atoms with Gasteiger partial charge in [-0.2, -0.15) is 0 Å². The van der Waals surface area contributed by atoms with Crippen LogP contribution in [0.25, 0.3) is 11.0 Å². The molecule has 0 spiro atoms. The van der Waals surface area contributed by atoms with Crippen LogP contribution in [0.5, 0.6) is 11.5 Å². The van der Waals surface area contributed by atoms with Crippen LogP contribution in [0.1, 0.15) is 12.7 Å². The first-order valence-electron chi connectivity index (χ1n) is 4.62. The lowest BCUT2D eigenvalue weighted by atomic mass is 10.2. The first-order chi connectivity index (χ1) is 7.06. The normalized spacial score (nSPS) is 11.1. The number of nitrogens with zero attached hydrogens (tertiary/aromatic N) is 2. The Balaban J connectivity index is 2.89. The van der Waals surface area contributed by atoms with E-state index in [0.717, 1.165) is 12.2 Å². The van der Waals surface area contributed by atoms with Gasteiger partial charge >= 0.3 is 0 Å². The number of phenols is 2. The van der Waals surface area contributed by atoms with Gasteiger partial charge in [0.25, 0.3) is 0 Å². The van der Waals surface area contributed by atoms with E-state index in [1.807, 2.05) is 18.5 Å². The highest BCUT2D eigenvalue weighted by Gasteiger charge is 2.15. The first kappa shape index (κ1) is 10.1. The predicted molar refractivity (Wildman–Crippen MR) is 58.4 cm³/mol. The Morgan fingerprint density at radius 1 is 1.47 bits per heavy atom. The monoisotopic (exact) mass is 226 g/mol. The molecule has 2 N–H and O–H groups in total. The lowest BCUT2D eigenvalue weighted by molar-refractivity contribution is 0.405. The summed E-state index contributed by atoms with van der Waals surface area (Å²) in [5, 5.41) is 19.0. The third kappa shape index (κ3) is 1.33. The molecule has 0 saturated heterocycles. The molecule has 1 heterocycles. The number of benzene rings is 1. The van der Waals surface area contributed by atoms with E-state index in [1.165, 1.54) is 6.07 Å². The van der Waals surface area contributed by atoms with Crippen molar-refractivity contribution >= 4 is 22.6 Å². The van der Waals surface area contributed by atoms with Crippen molar-refractivity contribution in [3.05, 3.63) is 16.9 Å². The maximum Gasteiger partial charge on any atom is 0.178 e. The second kappa shape index (κ2) is 3.31. The van der Waals surface area contributed by atoms with Gasteiger partial charge in [-0.3, -0.25) is 0 Å². The molecule has 0 aliphatic heterocycles. The number of hydrogen-bond acceptors (Lipinski definition) is 3. The van der Waals surface area contributed by atoms with Crippen LogP contribution in [0.2, 0.25) is 5.02 Å². The van der Waals surface area contributed by atoms with Gasteiger partial charge in [0, 0.05) is 19.5 Å². The maximum atomic E-state index is 9.45. The summed E-state index contributed by atoms with van der Waals surface area (Å²) in [7, 11) is 1.85. The Morgan fingerprint density at radius 3 is 2.73 bits per heavy atom. The molecule has 2 aromatic rings. The molecule has 0 fully saturated rings. The number of aryl methyl sites for hydroxylation is 2. The van der Waals surface area contributed by atoms with Crippen molar-refractivity contribution < 1.29 is 10.2 Å². The lowest BCUT2D eigenvalue weighted by Crippen LogP contribution is -1.94. The van der Waals surface area contributed by atoms with E-state index in [2.05, 4.69) is 4.98 Å². The van der Waals surface area contributed by atoms with Crippen molar-refractivity contribution in [1.82, 2.24) is 9.55 Å². The van der Waals surface area contributed by atoms with Crippen molar-refractivity contribution in [1.29, 1.82) is 0 Å². The SMILES string of the molecule is CCc1nc2c(Cl)c(O)c(O)cc2n1C. The molecule has 5 heteroatoms. The molecule has 4 nitrogen and oxygen atoms in total. The van der Waals surface area contributed by atoms with E-state index < -0.39 is 0 Å². The molecule has 0 atom stereocenters. The van der Waals surface area contributed by atoms with Crippen LogP contribution in [0, 0.1) is 0 Å². The molecule has 0 amide bonds. The second-order valence-electron chi connectivity index (χ2n) is 3.37. The van der Waals surface area contributed by atoms with E-state index in [-0.39, 0.29) is 16.5 Å². The van der Waals surface area contributed by atoms with Gasteiger partial charge in [-0.1, -0.05) is 18.5 Å². The van der Waals surface area contributed by atoms with Crippen molar-refractivity contribution in [2.24, 2.45) is 7.05 Å². The molecule has 2 rings (SSSR count). The summed E-state index contributed by atoms with van der Waals surface area (Å²) in [5.41, 5.74) is 1.23. The van der Waals surface area contributed by atoms with E-state index in [4.69, 9.17) is 11.6 Å². The average Bonchev–Trinajstić information content (AvgIpc) is 2.53. The van der Waals surface area contributed by atoms with Crippen molar-refractivity contribution in [3.63, 3.8) is 0 Å². The lowest BCUT2D eigenvalue weighted by Gasteiger charge is -2.02. The van der Waals surface area contributed by atoms with E-state index in [9.17, 15) is 10.2 Å². The highest BCUT2D eigenvalue weighted by molar-refractivity contribution is 6.36. The van der Waals surface area contributed by atoms with E-state index >= 15 is 0 Å². The van der Waals surface area contributed by atoms with Gasteiger partial charge in [0.15, 0.2) is 11.5 Å². The predicted octanol–water partition coefficient (Wildman–Crippen LogP) is 2.20. The second-order valence-corrected chi connectivity index (χ2v) is 3.74. The largest absolute Gasteiger partial charge is 0.504 e. The summed E-state index contributed by atoms with van der Waals surface area (Å²) in [6.07, 6.45) is 0.767. The number of imidazole rings is 1. The topological polar surface area (TPSA) is 58.3 Å². The number of aromatic nitrogens is 2. The molecular formula is C10H11ClN2O2. The Bertz CT molecular complexity index is 534. The zero-order valence-corrected chi connectivity index (χ0v) is 9.21. The summed E-state index contributed by atoms with van der Waals surface area (Å²) >= 11 is 5.89. The zero-order chi connectivity index (χ0) is 11.2. The van der Waals surface area contributed by atoms with E-state index in [0.29, 0.717) is 11.0 Å². The molecule has 0 saturated carbocycles. The van der Waals surface area contributed by atoms with Crippen LogP contribution in [0.3, 0.4) is 0 Å². The summed E-state index contributed by atoms with van der Waals surface area (Å²) in [4.78, 5) is 4.29. The van der Waals surface area contributed by atoms with Crippen LogP contribution in [0.4, 0.5) is 0 Å². The van der Waals surface area contributed by atoms with Gasteiger partial charge in [0.05, 0.1) is 5.52 Å². The molecule has 0 unspecified atom stereocenters. The number of rotatable bonds is 1. The minimum atomic E-state index is -0.315. The smallest absolute Gasteiger partial charge is 0.178 e. The molecule has 15 heavy (non-hydrogen) atoms. The number of fused-ring (bicyclic) bond motifs is 1. The maximum absolute atomic E-state index is 9.45. The molecule has 0 aliphatic carbocycles. The number of aromatic hydroxyl groups is 2. The van der Waals surface area contributed by atoms with Crippen LogP contribution < -0.4 is 0 Å². The third-order valence-corrected chi connectivity index (χ3v) is 2.84. The molecular weight excluding hydrogens is 216 g/mol. The molecule has 80 valence electrons. The third-order valence-electron chi connectivity index (χ3n) is 2.48. The Morgan fingerprint density at radius 2 is 2.13 bits per heavy atom. The standard InChI is InChI=1S/C10H11ClN2O2/c1-3-7-12-9-5(13(7)2)4-6(14)10(15)8(9)11/h4,14-15H,3H2,1-2H3. The van der Waals surface area contributed by atoms with Gasteiger partial charge in [-0.05, 0) is 0 Å². The fourth-order valence-electron chi connectivity index (χ4n) is 1.62. The number of phenolic OH excluding ortho intramolecular Hbond substituents is 2. The van der Waals surface area contributed by atoms with Gasteiger partial charge in [-0.25, -0.2) is 4.98 Å². The highest BCUT2D eigenvalue weighted by Crippen LogP contribution is 2.39. The van der Waals surface area contributed by atoms with Crippen molar-refractivity contribution in [2.75, 3.05) is 0 Å². The Kier molecular flexibility index (Phi) is 2.23. The summed E-state index contributed by atoms with van der Waals surface area (Å²) in [6, 6.07) is 1.46. The molecule has 0 bridgehead atoms. The van der Waals surface area contributed by atoms with Gasteiger partial charge in [0.1, 0.15) is 16.4 Å². The average molecular weight is 227 g/mol.